The van der Waals surface area contributed by atoms with Crippen LogP contribution in [0, 0.1) is 0 Å². The first-order valence-electron chi connectivity index (χ1n) is 7.42. The molecule has 1 aromatic heterocycles. The van der Waals surface area contributed by atoms with Gasteiger partial charge in [0.05, 0.1) is 6.54 Å². The highest BCUT2D eigenvalue weighted by atomic mass is 127. The number of nitrogens with one attached hydrogen (secondary N) is 1. The van der Waals surface area contributed by atoms with Gasteiger partial charge >= 0.3 is 0 Å². The fourth-order valence-corrected chi connectivity index (χ4v) is 2.40. The molecule has 1 heterocycles. The minimum Gasteiger partial charge on any atom is -0.370 e. The largest absolute Gasteiger partial charge is 0.370 e. The van der Waals surface area contributed by atoms with Crippen LogP contribution in [0.2, 0.25) is 0 Å². The SMILES string of the molecule is CCc1cccc(CC)c1NC(N)=NCc1ccn(C)c1.I. The van der Waals surface area contributed by atoms with Crippen molar-refractivity contribution >= 4 is 35.6 Å². The molecule has 2 aromatic rings. The van der Waals surface area contributed by atoms with E-state index in [2.05, 4.69) is 42.4 Å². The van der Waals surface area contributed by atoms with E-state index >= 15 is 0 Å². The first kappa shape index (κ1) is 18.5. The molecule has 0 bridgehead atoms. The van der Waals surface area contributed by atoms with Gasteiger partial charge in [-0.3, -0.25) is 0 Å². The highest BCUT2D eigenvalue weighted by molar-refractivity contribution is 14.0. The van der Waals surface area contributed by atoms with E-state index in [0.717, 1.165) is 24.1 Å². The van der Waals surface area contributed by atoms with E-state index in [1.54, 1.807) is 0 Å². The first-order valence-corrected chi connectivity index (χ1v) is 7.42. The minimum atomic E-state index is 0. The molecule has 3 N–H and O–H groups in total. The predicted molar refractivity (Wildman–Crippen MR) is 105 cm³/mol. The number of nitrogens with zero attached hydrogens (tertiary/aromatic N) is 2. The van der Waals surface area contributed by atoms with Gasteiger partial charge in [-0.05, 0) is 35.6 Å². The van der Waals surface area contributed by atoms with Gasteiger partial charge in [0.2, 0.25) is 0 Å². The summed E-state index contributed by atoms with van der Waals surface area (Å²) >= 11 is 0. The minimum absolute atomic E-state index is 0. The molecule has 0 amide bonds. The Kier molecular flexibility index (Phi) is 7.44. The molecule has 5 heteroatoms. The van der Waals surface area contributed by atoms with Gasteiger partial charge in [0.1, 0.15) is 0 Å². The molecule has 2 rings (SSSR count). The Hall–Kier alpha value is -1.50. The maximum Gasteiger partial charge on any atom is 0.193 e. The Labute approximate surface area is 149 Å². The van der Waals surface area contributed by atoms with Gasteiger partial charge in [0.25, 0.3) is 0 Å². The van der Waals surface area contributed by atoms with Gasteiger partial charge in [-0.1, -0.05) is 32.0 Å². The van der Waals surface area contributed by atoms with Crippen molar-refractivity contribution in [2.75, 3.05) is 5.32 Å². The number of hydrogen-bond acceptors (Lipinski definition) is 1. The van der Waals surface area contributed by atoms with Gasteiger partial charge < -0.3 is 15.6 Å². The van der Waals surface area contributed by atoms with Crippen molar-refractivity contribution in [2.45, 2.75) is 33.2 Å². The standard InChI is InChI=1S/C17H24N4.HI/c1-4-14-7-6-8-15(5-2)16(14)20-17(18)19-11-13-9-10-21(3)12-13;/h6-10,12H,4-5,11H2,1-3H3,(H3,18,19,20);1H. The summed E-state index contributed by atoms with van der Waals surface area (Å²) in [6, 6.07) is 8.41. The van der Waals surface area contributed by atoms with Gasteiger partial charge in [-0.15, -0.1) is 24.0 Å². The summed E-state index contributed by atoms with van der Waals surface area (Å²) in [4.78, 5) is 4.42. The van der Waals surface area contributed by atoms with E-state index in [-0.39, 0.29) is 24.0 Å². The number of aryl methyl sites for hydroxylation is 3. The third-order valence-electron chi connectivity index (χ3n) is 3.58. The van der Waals surface area contributed by atoms with Crippen LogP contribution in [0.3, 0.4) is 0 Å². The fourth-order valence-electron chi connectivity index (χ4n) is 2.40. The van der Waals surface area contributed by atoms with Crippen LogP contribution in [0.5, 0.6) is 0 Å². The van der Waals surface area contributed by atoms with Crippen molar-refractivity contribution in [1.29, 1.82) is 0 Å². The van der Waals surface area contributed by atoms with E-state index in [1.807, 2.05) is 30.1 Å². The summed E-state index contributed by atoms with van der Waals surface area (Å²) in [7, 11) is 2.00. The highest BCUT2D eigenvalue weighted by Crippen LogP contribution is 2.22. The quantitative estimate of drug-likeness (QED) is 0.447. The first-order chi connectivity index (χ1) is 10.1. The molecule has 22 heavy (non-hydrogen) atoms. The number of benzene rings is 1. The normalized spacial score (nSPS) is 11.1. The number of halogens is 1. The molecule has 0 saturated carbocycles. The molecule has 0 spiro atoms. The van der Waals surface area contributed by atoms with Crippen LogP contribution < -0.4 is 11.1 Å². The van der Waals surface area contributed by atoms with Crippen LogP contribution in [-0.4, -0.2) is 10.5 Å². The van der Waals surface area contributed by atoms with E-state index in [4.69, 9.17) is 5.73 Å². The number of anilines is 1. The second-order valence-corrected chi connectivity index (χ2v) is 5.17. The fraction of sp³-hybridized carbons (Fsp3) is 0.353. The van der Waals surface area contributed by atoms with Gasteiger partial charge in [0, 0.05) is 25.1 Å². The third kappa shape index (κ3) is 4.76. The Morgan fingerprint density at radius 2 is 1.82 bits per heavy atom. The third-order valence-corrected chi connectivity index (χ3v) is 3.58. The van der Waals surface area contributed by atoms with Crippen LogP contribution in [0.4, 0.5) is 5.69 Å². The summed E-state index contributed by atoms with van der Waals surface area (Å²) in [5, 5.41) is 3.28. The molecule has 0 atom stereocenters. The second-order valence-electron chi connectivity index (χ2n) is 5.17. The van der Waals surface area contributed by atoms with Crippen molar-refractivity contribution in [3.8, 4) is 0 Å². The van der Waals surface area contributed by atoms with Gasteiger partial charge in [0.15, 0.2) is 5.96 Å². The zero-order valence-corrected chi connectivity index (χ0v) is 15.8. The van der Waals surface area contributed by atoms with Crippen molar-refractivity contribution in [3.63, 3.8) is 0 Å². The average molecular weight is 412 g/mol. The van der Waals surface area contributed by atoms with Gasteiger partial charge in [-0.25, -0.2) is 4.99 Å². The molecule has 0 unspecified atom stereocenters. The van der Waals surface area contributed by atoms with E-state index in [0.29, 0.717) is 12.5 Å². The number of aliphatic imine (C=N–C) groups is 1. The van der Waals surface area contributed by atoms with Crippen molar-refractivity contribution in [2.24, 2.45) is 17.8 Å². The molecule has 0 aliphatic heterocycles. The molecule has 0 radical (unpaired) electrons. The lowest BCUT2D eigenvalue weighted by molar-refractivity contribution is 0.916. The smallest absolute Gasteiger partial charge is 0.193 e. The molecular formula is C17H25IN4. The summed E-state index contributed by atoms with van der Waals surface area (Å²) in [6.07, 6.45) is 6.01. The summed E-state index contributed by atoms with van der Waals surface area (Å²) < 4.78 is 2.01. The average Bonchev–Trinajstić information content (AvgIpc) is 2.91. The van der Waals surface area contributed by atoms with Crippen LogP contribution in [-0.2, 0) is 26.4 Å². The van der Waals surface area contributed by atoms with Crippen molar-refractivity contribution in [3.05, 3.63) is 53.3 Å². The summed E-state index contributed by atoms with van der Waals surface area (Å²) in [5.74, 6) is 0.467. The summed E-state index contributed by atoms with van der Waals surface area (Å²) in [5.41, 5.74) is 10.8. The number of hydrogen-bond donors (Lipinski definition) is 2. The Balaban J connectivity index is 0.00000242. The lowest BCUT2D eigenvalue weighted by atomic mass is 10.0. The number of nitrogens with two attached hydrogens (primary N) is 1. The molecule has 0 aliphatic carbocycles. The molecule has 0 saturated heterocycles. The Morgan fingerprint density at radius 3 is 2.32 bits per heavy atom. The molecule has 1 aromatic carbocycles. The van der Waals surface area contributed by atoms with Crippen molar-refractivity contribution < 1.29 is 0 Å². The molecular weight excluding hydrogens is 387 g/mol. The number of aromatic nitrogens is 1. The van der Waals surface area contributed by atoms with Crippen LogP contribution in [0.15, 0.2) is 41.7 Å². The number of guanidine groups is 1. The zero-order valence-electron chi connectivity index (χ0n) is 13.5. The van der Waals surface area contributed by atoms with Crippen molar-refractivity contribution in [1.82, 2.24) is 4.57 Å². The lowest BCUT2D eigenvalue weighted by Crippen LogP contribution is -2.24. The predicted octanol–water partition coefficient (Wildman–Crippen LogP) is 3.69. The highest BCUT2D eigenvalue weighted by Gasteiger charge is 2.07. The Bertz CT molecular complexity index is 609. The van der Waals surface area contributed by atoms with Crippen LogP contribution in [0.1, 0.15) is 30.5 Å². The van der Waals surface area contributed by atoms with Gasteiger partial charge in [-0.2, -0.15) is 0 Å². The van der Waals surface area contributed by atoms with Crippen LogP contribution >= 0.6 is 24.0 Å². The molecule has 0 fully saturated rings. The lowest BCUT2D eigenvalue weighted by Gasteiger charge is -2.14. The zero-order chi connectivity index (χ0) is 15.2. The molecule has 0 aliphatic rings. The second kappa shape index (κ2) is 8.82. The number of rotatable bonds is 5. The van der Waals surface area contributed by atoms with E-state index in [9.17, 15) is 0 Å². The van der Waals surface area contributed by atoms with E-state index in [1.165, 1.54) is 11.1 Å². The number of para-hydroxylation sites is 1. The maximum atomic E-state index is 6.04. The Morgan fingerprint density at radius 1 is 1.18 bits per heavy atom. The summed E-state index contributed by atoms with van der Waals surface area (Å²) in [6.45, 7) is 4.89. The topological polar surface area (TPSA) is 55.3 Å². The molecule has 4 nitrogen and oxygen atoms in total. The van der Waals surface area contributed by atoms with E-state index < -0.39 is 0 Å². The monoisotopic (exact) mass is 412 g/mol. The maximum absolute atomic E-state index is 6.04. The molecule has 120 valence electrons. The van der Waals surface area contributed by atoms with Crippen LogP contribution in [0.25, 0.3) is 0 Å².